The van der Waals surface area contributed by atoms with Gasteiger partial charge in [0.25, 0.3) is 0 Å². The Morgan fingerprint density at radius 3 is 2.71 bits per heavy atom. The Hall–Kier alpha value is -1.53. The van der Waals surface area contributed by atoms with Gasteiger partial charge < -0.3 is 15.0 Å². The number of amides is 2. The van der Waals surface area contributed by atoms with Crippen LogP contribution in [-0.2, 0) is 20.1 Å². The monoisotopic (exact) mass is 402 g/mol. The molecule has 1 saturated carbocycles. The second-order valence-electron chi connectivity index (χ2n) is 8.21. The van der Waals surface area contributed by atoms with E-state index < -0.39 is 0 Å². The summed E-state index contributed by atoms with van der Waals surface area (Å²) in [6.45, 7) is 3.11. The fourth-order valence-electron chi connectivity index (χ4n) is 4.02. The summed E-state index contributed by atoms with van der Waals surface area (Å²) in [4.78, 5) is 27.0. The maximum Gasteiger partial charge on any atom is 0.229 e. The quantitative estimate of drug-likeness (QED) is 0.788. The predicted octanol–water partition coefficient (Wildman–Crippen LogP) is 3.69. The van der Waals surface area contributed by atoms with Crippen LogP contribution in [0, 0.1) is 11.8 Å². The van der Waals surface area contributed by atoms with E-state index in [-0.39, 0.29) is 23.7 Å². The van der Waals surface area contributed by atoms with Gasteiger partial charge in [-0.25, -0.2) is 0 Å². The molecule has 1 aromatic carbocycles. The summed E-state index contributed by atoms with van der Waals surface area (Å²) < 4.78 is 5.43. The number of likely N-dealkylation sites (tertiary alicyclic amines) is 1. The van der Waals surface area contributed by atoms with Crippen LogP contribution < -0.4 is 5.32 Å². The van der Waals surface area contributed by atoms with Crippen LogP contribution in [0.4, 0.5) is 5.69 Å². The molecule has 1 aliphatic carbocycles. The highest BCUT2D eigenvalue weighted by atomic mass is 32.2. The maximum atomic E-state index is 12.8. The van der Waals surface area contributed by atoms with Crippen LogP contribution in [0.1, 0.15) is 44.1 Å². The smallest absolute Gasteiger partial charge is 0.229 e. The highest BCUT2D eigenvalue weighted by Crippen LogP contribution is 2.33. The Morgan fingerprint density at radius 2 is 1.93 bits per heavy atom. The first-order valence-electron chi connectivity index (χ1n) is 10.6. The third-order valence-electron chi connectivity index (χ3n) is 5.88. The average molecular weight is 403 g/mol. The third kappa shape index (κ3) is 5.29. The maximum absolute atomic E-state index is 12.8. The number of ether oxygens (including phenoxy) is 1. The highest BCUT2D eigenvalue weighted by molar-refractivity contribution is 7.99. The lowest BCUT2D eigenvalue weighted by Crippen LogP contribution is -2.44. The lowest BCUT2D eigenvalue weighted by molar-refractivity contribution is -0.135. The number of nitrogens with one attached hydrogen (secondary N) is 1. The predicted molar refractivity (Wildman–Crippen MR) is 112 cm³/mol. The molecule has 2 amide bonds. The zero-order chi connectivity index (χ0) is 19.3. The van der Waals surface area contributed by atoms with Crippen molar-refractivity contribution < 1.29 is 14.3 Å². The van der Waals surface area contributed by atoms with Crippen LogP contribution in [0.15, 0.2) is 24.3 Å². The molecule has 0 bridgehead atoms. The number of thioether (sulfide) groups is 1. The first-order chi connectivity index (χ1) is 13.7. The van der Waals surface area contributed by atoms with Crippen LogP contribution in [0.25, 0.3) is 0 Å². The molecule has 2 aliphatic heterocycles. The molecule has 0 spiro atoms. The van der Waals surface area contributed by atoms with E-state index in [0.717, 1.165) is 69.7 Å². The summed E-state index contributed by atoms with van der Waals surface area (Å²) in [5.41, 5.74) is 2.10. The Labute approximate surface area is 171 Å². The van der Waals surface area contributed by atoms with E-state index in [1.807, 2.05) is 28.8 Å². The van der Waals surface area contributed by atoms with Crippen LogP contribution in [0.3, 0.4) is 0 Å². The molecule has 6 heteroatoms. The number of piperidine rings is 1. The van der Waals surface area contributed by atoms with Gasteiger partial charge >= 0.3 is 0 Å². The largest absolute Gasteiger partial charge is 0.381 e. The van der Waals surface area contributed by atoms with Crippen molar-refractivity contribution in [1.82, 2.24) is 4.90 Å². The third-order valence-corrected chi connectivity index (χ3v) is 7.32. The minimum absolute atomic E-state index is 0.0440. The summed E-state index contributed by atoms with van der Waals surface area (Å²) in [6.07, 6.45) is 6.06. The summed E-state index contributed by atoms with van der Waals surface area (Å²) in [5, 5.41) is 3.76. The lowest BCUT2D eigenvalue weighted by atomic mass is 9.96. The van der Waals surface area contributed by atoms with Gasteiger partial charge in [0, 0.05) is 48.9 Å². The van der Waals surface area contributed by atoms with Gasteiger partial charge in [0.1, 0.15) is 0 Å². The molecule has 5 nitrogen and oxygen atoms in total. The standard InChI is InChI=1S/C22H30N2O3S/c25-21(18-4-2-10-24(14-18)22(26)17-6-7-17)23-19-5-1-3-16(13-19)15-28-20-8-11-27-12-9-20/h1,3,5,13,17-18,20H,2,4,6-12,14-15H2,(H,23,25). The number of benzene rings is 1. The zero-order valence-corrected chi connectivity index (χ0v) is 17.2. The fraction of sp³-hybridized carbons (Fsp3) is 0.636. The topological polar surface area (TPSA) is 58.6 Å². The number of hydrogen-bond donors (Lipinski definition) is 1. The zero-order valence-electron chi connectivity index (χ0n) is 16.4. The number of nitrogens with zero attached hydrogens (tertiary/aromatic N) is 1. The molecule has 1 unspecified atom stereocenters. The van der Waals surface area contributed by atoms with E-state index in [4.69, 9.17) is 4.74 Å². The van der Waals surface area contributed by atoms with Gasteiger partial charge in [-0.15, -0.1) is 0 Å². The molecule has 2 heterocycles. The van der Waals surface area contributed by atoms with Gasteiger partial charge in [0.05, 0.1) is 5.92 Å². The Kier molecular flexibility index (Phi) is 6.58. The van der Waals surface area contributed by atoms with E-state index in [1.54, 1.807) is 0 Å². The molecule has 28 heavy (non-hydrogen) atoms. The number of rotatable bonds is 6. The summed E-state index contributed by atoms with van der Waals surface area (Å²) in [7, 11) is 0. The van der Waals surface area contributed by atoms with E-state index in [1.165, 1.54) is 5.56 Å². The van der Waals surface area contributed by atoms with Crippen LogP contribution >= 0.6 is 11.8 Å². The van der Waals surface area contributed by atoms with E-state index >= 15 is 0 Å². The lowest BCUT2D eigenvalue weighted by Gasteiger charge is -2.32. The SMILES string of the molecule is O=C(Nc1cccc(CSC2CCOCC2)c1)C1CCCN(C(=O)C2CC2)C1. The number of carbonyl (C=O) groups excluding carboxylic acids is 2. The first-order valence-corrected chi connectivity index (χ1v) is 11.6. The Bertz CT molecular complexity index is 701. The van der Waals surface area contributed by atoms with Gasteiger partial charge in [0.15, 0.2) is 0 Å². The van der Waals surface area contributed by atoms with Crippen molar-refractivity contribution in [2.45, 2.75) is 49.5 Å². The van der Waals surface area contributed by atoms with E-state index in [0.29, 0.717) is 11.8 Å². The molecule has 1 aromatic rings. The van der Waals surface area contributed by atoms with Crippen LogP contribution in [0.2, 0.25) is 0 Å². The number of carbonyl (C=O) groups is 2. The second-order valence-corrected chi connectivity index (χ2v) is 9.50. The molecule has 3 fully saturated rings. The molecule has 1 atom stereocenters. The minimum Gasteiger partial charge on any atom is -0.381 e. The summed E-state index contributed by atoms with van der Waals surface area (Å²) in [5.74, 6) is 1.39. The fourth-order valence-corrected chi connectivity index (χ4v) is 5.15. The molecule has 3 aliphatic rings. The van der Waals surface area contributed by atoms with Crippen LogP contribution in [0.5, 0.6) is 0 Å². The van der Waals surface area contributed by atoms with Crippen molar-refractivity contribution in [3.8, 4) is 0 Å². The molecule has 1 N–H and O–H groups in total. The van der Waals surface area contributed by atoms with Gasteiger partial charge in [-0.2, -0.15) is 11.8 Å². The van der Waals surface area contributed by atoms with Gasteiger partial charge in [-0.3, -0.25) is 9.59 Å². The molecule has 2 saturated heterocycles. The molecule has 4 rings (SSSR count). The molecule has 0 aromatic heterocycles. The molecule has 0 radical (unpaired) electrons. The van der Waals surface area contributed by atoms with Crippen LogP contribution in [-0.4, -0.2) is 48.3 Å². The van der Waals surface area contributed by atoms with E-state index in [2.05, 4.69) is 17.4 Å². The molecular formula is C22H30N2O3S. The van der Waals surface area contributed by atoms with Crippen molar-refractivity contribution in [1.29, 1.82) is 0 Å². The van der Waals surface area contributed by atoms with Crippen molar-refractivity contribution in [3.05, 3.63) is 29.8 Å². The van der Waals surface area contributed by atoms with Gasteiger partial charge in [-0.1, -0.05) is 12.1 Å². The Balaban J connectivity index is 1.29. The Morgan fingerprint density at radius 1 is 1.11 bits per heavy atom. The minimum atomic E-state index is -0.100. The number of anilines is 1. The second kappa shape index (κ2) is 9.31. The summed E-state index contributed by atoms with van der Waals surface area (Å²) in [6, 6.07) is 8.18. The highest BCUT2D eigenvalue weighted by Gasteiger charge is 2.36. The number of hydrogen-bond acceptors (Lipinski definition) is 4. The van der Waals surface area contributed by atoms with Crippen molar-refractivity contribution in [3.63, 3.8) is 0 Å². The summed E-state index contributed by atoms with van der Waals surface area (Å²) >= 11 is 1.98. The van der Waals surface area contributed by atoms with Crippen molar-refractivity contribution in [2.24, 2.45) is 11.8 Å². The van der Waals surface area contributed by atoms with E-state index in [9.17, 15) is 9.59 Å². The first kappa shape index (κ1) is 19.8. The average Bonchev–Trinajstić information content (AvgIpc) is 3.58. The van der Waals surface area contributed by atoms with Gasteiger partial charge in [0.2, 0.25) is 11.8 Å². The van der Waals surface area contributed by atoms with Crippen molar-refractivity contribution >= 4 is 29.3 Å². The normalized spacial score (nSPS) is 23.4. The molecular weight excluding hydrogens is 372 g/mol. The van der Waals surface area contributed by atoms with Crippen molar-refractivity contribution in [2.75, 3.05) is 31.6 Å². The van der Waals surface area contributed by atoms with Gasteiger partial charge in [-0.05, 0) is 56.2 Å². The molecule has 152 valence electrons.